The van der Waals surface area contributed by atoms with E-state index in [4.69, 9.17) is 12.2 Å². The van der Waals surface area contributed by atoms with Crippen LogP contribution in [0.1, 0.15) is 11.3 Å². The van der Waals surface area contributed by atoms with E-state index in [-0.39, 0.29) is 0 Å². The maximum absolute atomic E-state index is 5.23. The third kappa shape index (κ3) is 2.95. The molecule has 0 amide bonds. The maximum Gasteiger partial charge on any atom is 0.216 e. The lowest BCUT2D eigenvalue weighted by atomic mass is 10.1. The zero-order valence-corrected chi connectivity index (χ0v) is 12.2. The van der Waals surface area contributed by atoms with Crippen LogP contribution in [0.3, 0.4) is 0 Å². The van der Waals surface area contributed by atoms with Crippen LogP contribution in [0.2, 0.25) is 0 Å². The number of hydrogen-bond acceptors (Lipinski definition) is 4. The van der Waals surface area contributed by atoms with Crippen molar-refractivity contribution >= 4 is 18.4 Å². The largest absolute Gasteiger partial charge is 0.255 e. The Labute approximate surface area is 127 Å². The number of hydrogen-bond donors (Lipinski definition) is 1. The summed E-state index contributed by atoms with van der Waals surface area (Å²) in [6.45, 7) is 2.03. The van der Waals surface area contributed by atoms with E-state index < -0.39 is 0 Å². The number of nitrogens with zero attached hydrogens (tertiary/aromatic N) is 4. The standard InChI is InChI=1S/C15H13N5S/c1-11-5-4-6-12(9-11)14-18-19-15(21)20(14)17-10-13-7-2-3-8-16-13/h2-10H,1H3,(H,19,21). The molecular formula is C15H13N5S. The zero-order chi connectivity index (χ0) is 14.7. The maximum atomic E-state index is 5.23. The smallest absolute Gasteiger partial charge is 0.216 e. The summed E-state index contributed by atoms with van der Waals surface area (Å²) in [5, 5.41) is 11.4. The molecule has 2 heterocycles. The van der Waals surface area contributed by atoms with Crippen molar-refractivity contribution in [3.05, 3.63) is 64.7 Å². The van der Waals surface area contributed by atoms with Crippen LogP contribution in [-0.4, -0.2) is 26.1 Å². The summed E-state index contributed by atoms with van der Waals surface area (Å²) in [6.07, 6.45) is 3.38. The molecule has 0 aliphatic heterocycles. The number of pyridine rings is 1. The van der Waals surface area contributed by atoms with E-state index >= 15 is 0 Å². The number of rotatable bonds is 3. The van der Waals surface area contributed by atoms with Gasteiger partial charge in [0, 0.05) is 11.8 Å². The van der Waals surface area contributed by atoms with Gasteiger partial charge < -0.3 is 0 Å². The Kier molecular flexibility index (Phi) is 3.70. The molecule has 104 valence electrons. The molecule has 0 saturated heterocycles. The molecule has 5 nitrogen and oxygen atoms in total. The van der Waals surface area contributed by atoms with Gasteiger partial charge >= 0.3 is 0 Å². The van der Waals surface area contributed by atoms with Gasteiger partial charge in [0.2, 0.25) is 4.77 Å². The summed E-state index contributed by atoms with van der Waals surface area (Å²) in [7, 11) is 0. The number of benzene rings is 1. The topological polar surface area (TPSA) is 58.9 Å². The van der Waals surface area contributed by atoms with Gasteiger partial charge in [-0.05, 0) is 37.3 Å². The average Bonchev–Trinajstić information content (AvgIpc) is 2.87. The Hall–Kier alpha value is -2.60. The molecule has 0 saturated carbocycles. The molecule has 0 unspecified atom stereocenters. The van der Waals surface area contributed by atoms with Crippen LogP contribution in [0.5, 0.6) is 0 Å². The van der Waals surface area contributed by atoms with Crippen molar-refractivity contribution in [3.63, 3.8) is 0 Å². The molecule has 6 heteroatoms. The van der Waals surface area contributed by atoms with Gasteiger partial charge in [0.1, 0.15) is 0 Å². The number of aryl methyl sites for hydroxylation is 1. The summed E-state index contributed by atoms with van der Waals surface area (Å²) in [6, 6.07) is 13.7. The molecule has 0 atom stereocenters. The van der Waals surface area contributed by atoms with Gasteiger partial charge in [-0.3, -0.25) is 4.98 Å². The predicted molar refractivity (Wildman–Crippen MR) is 84.8 cm³/mol. The average molecular weight is 295 g/mol. The molecule has 1 N–H and O–H groups in total. The Bertz CT molecular complexity index is 833. The summed E-state index contributed by atoms with van der Waals surface area (Å²) in [5.74, 6) is 0.677. The van der Waals surface area contributed by atoms with Gasteiger partial charge in [0.25, 0.3) is 0 Å². The third-order valence-corrected chi connectivity index (χ3v) is 3.18. The molecule has 1 aromatic carbocycles. The zero-order valence-electron chi connectivity index (χ0n) is 11.4. The predicted octanol–water partition coefficient (Wildman–Crippen LogP) is 3.19. The molecule has 3 rings (SSSR count). The van der Waals surface area contributed by atoms with Crippen LogP contribution in [0.25, 0.3) is 11.4 Å². The van der Waals surface area contributed by atoms with Gasteiger partial charge in [0.05, 0.1) is 11.9 Å². The molecule has 0 radical (unpaired) electrons. The lowest BCUT2D eigenvalue weighted by Crippen LogP contribution is -1.96. The first-order chi connectivity index (χ1) is 10.2. The molecule has 3 aromatic rings. The highest BCUT2D eigenvalue weighted by Crippen LogP contribution is 2.18. The number of aromatic nitrogens is 4. The fourth-order valence-electron chi connectivity index (χ4n) is 1.94. The van der Waals surface area contributed by atoms with Gasteiger partial charge in [-0.2, -0.15) is 14.9 Å². The van der Waals surface area contributed by atoms with Crippen LogP contribution in [-0.2, 0) is 0 Å². The van der Waals surface area contributed by atoms with Crippen LogP contribution in [0, 0.1) is 11.7 Å². The van der Waals surface area contributed by atoms with Crippen LogP contribution in [0.4, 0.5) is 0 Å². The van der Waals surface area contributed by atoms with E-state index in [1.54, 1.807) is 17.1 Å². The Morgan fingerprint density at radius 1 is 1.24 bits per heavy atom. The summed E-state index contributed by atoms with van der Waals surface area (Å²) < 4.78 is 2.04. The summed E-state index contributed by atoms with van der Waals surface area (Å²) in [4.78, 5) is 4.20. The molecule has 0 aliphatic carbocycles. The van der Waals surface area contributed by atoms with Crippen LogP contribution < -0.4 is 0 Å². The molecule has 0 bridgehead atoms. The monoisotopic (exact) mass is 295 g/mol. The molecule has 0 spiro atoms. The highest BCUT2D eigenvalue weighted by molar-refractivity contribution is 7.71. The first kappa shape index (κ1) is 13.4. The molecule has 0 aliphatic rings. The van der Waals surface area contributed by atoms with Gasteiger partial charge in [0.15, 0.2) is 5.82 Å². The highest BCUT2D eigenvalue weighted by atomic mass is 32.1. The van der Waals surface area contributed by atoms with Crippen LogP contribution in [0.15, 0.2) is 53.8 Å². The first-order valence-electron chi connectivity index (χ1n) is 6.44. The quantitative estimate of drug-likeness (QED) is 0.596. The van der Waals surface area contributed by atoms with E-state index in [0.29, 0.717) is 10.6 Å². The lowest BCUT2D eigenvalue weighted by molar-refractivity contribution is 0.870. The summed E-state index contributed by atoms with van der Waals surface area (Å²) >= 11 is 5.23. The third-order valence-electron chi connectivity index (χ3n) is 2.92. The second kappa shape index (κ2) is 5.80. The van der Waals surface area contributed by atoms with Gasteiger partial charge in [-0.25, -0.2) is 5.10 Å². The van der Waals surface area contributed by atoms with E-state index in [0.717, 1.165) is 16.8 Å². The van der Waals surface area contributed by atoms with Gasteiger partial charge in [-0.15, -0.1) is 0 Å². The Balaban J connectivity index is 2.02. The van der Waals surface area contributed by atoms with Crippen molar-refractivity contribution < 1.29 is 0 Å². The highest BCUT2D eigenvalue weighted by Gasteiger charge is 2.07. The minimum Gasteiger partial charge on any atom is -0.255 e. The molecular weight excluding hydrogens is 282 g/mol. The van der Waals surface area contributed by atoms with Crippen molar-refractivity contribution in [1.29, 1.82) is 0 Å². The van der Waals surface area contributed by atoms with Crippen molar-refractivity contribution in [1.82, 2.24) is 19.9 Å². The fourth-order valence-corrected chi connectivity index (χ4v) is 2.12. The number of H-pyrrole nitrogens is 1. The van der Waals surface area contributed by atoms with Crippen LogP contribution >= 0.6 is 12.2 Å². The Morgan fingerprint density at radius 3 is 2.90 bits per heavy atom. The van der Waals surface area contributed by atoms with Crippen molar-refractivity contribution in [2.75, 3.05) is 0 Å². The minimum absolute atomic E-state index is 0.443. The normalized spacial score (nSPS) is 11.1. The first-order valence-corrected chi connectivity index (χ1v) is 6.85. The number of aromatic amines is 1. The molecule has 0 fully saturated rings. The molecule has 21 heavy (non-hydrogen) atoms. The van der Waals surface area contributed by atoms with Gasteiger partial charge in [-0.1, -0.05) is 29.8 Å². The number of nitrogens with one attached hydrogen (secondary N) is 1. The molecule has 2 aromatic heterocycles. The second-order valence-corrected chi connectivity index (χ2v) is 4.92. The van der Waals surface area contributed by atoms with Crippen molar-refractivity contribution in [3.8, 4) is 11.4 Å². The Morgan fingerprint density at radius 2 is 2.14 bits per heavy atom. The summed E-state index contributed by atoms with van der Waals surface area (Å²) in [5.41, 5.74) is 2.87. The fraction of sp³-hybridized carbons (Fsp3) is 0.0667. The second-order valence-electron chi connectivity index (χ2n) is 4.53. The SMILES string of the molecule is Cc1cccc(-c2n[nH]c(=S)n2N=Cc2ccccn2)c1. The lowest BCUT2D eigenvalue weighted by Gasteiger charge is -2.01. The van der Waals surface area contributed by atoms with E-state index in [2.05, 4.69) is 20.3 Å². The van der Waals surface area contributed by atoms with E-state index in [1.165, 1.54) is 0 Å². The van der Waals surface area contributed by atoms with E-state index in [1.807, 2.05) is 49.4 Å². The van der Waals surface area contributed by atoms with Crippen molar-refractivity contribution in [2.24, 2.45) is 5.10 Å². The van der Waals surface area contributed by atoms with Crippen molar-refractivity contribution in [2.45, 2.75) is 6.92 Å². The minimum atomic E-state index is 0.443. The van der Waals surface area contributed by atoms with E-state index in [9.17, 15) is 0 Å².